The van der Waals surface area contributed by atoms with E-state index in [1.54, 1.807) is 19.2 Å². The second kappa shape index (κ2) is 11.0. The number of H-pyrrole nitrogens is 1. The maximum absolute atomic E-state index is 13.2. The van der Waals surface area contributed by atoms with Crippen LogP contribution in [0.2, 0.25) is 0 Å². The fourth-order valence-corrected chi connectivity index (χ4v) is 4.95. The number of aromatic nitrogens is 2. The molecule has 0 amide bonds. The van der Waals surface area contributed by atoms with Crippen molar-refractivity contribution in [3.63, 3.8) is 0 Å². The van der Waals surface area contributed by atoms with E-state index in [0.29, 0.717) is 22.5 Å². The van der Waals surface area contributed by atoms with E-state index in [1.807, 2.05) is 61.0 Å². The number of ether oxygens (including phenoxy) is 2. The first-order valence-corrected chi connectivity index (χ1v) is 12.1. The van der Waals surface area contributed by atoms with E-state index in [2.05, 4.69) is 15.3 Å². The molecule has 1 unspecified atom stereocenters. The molecule has 35 heavy (non-hydrogen) atoms. The first-order chi connectivity index (χ1) is 17.0. The van der Waals surface area contributed by atoms with Crippen molar-refractivity contribution >= 4 is 29.4 Å². The molecule has 2 aromatic heterocycles. The molecule has 0 fully saturated rings. The number of dihydropyridines is 1. The van der Waals surface area contributed by atoms with Crippen LogP contribution in [-0.4, -0.2) is 35.6 Å². The molecule has 0 radical (unpaired) electrons. The summed E-state index contributed by atoms with van der Waals surface area (Å²) in [4.78, 5) is 34.0. The van der Waals surface area contributed by atoms with Gasteiger partial charge in [0.05, 0.1) is 24.2 Å². The number of allylic oxidation sites excluding steroid dienone is 2. The fourth-order valence-electron chi connectivity index (χ4n) is 4.11. The zero-order chi connectivity index (χ0) is 24.8. The standard InChI is InChI=1S/C27H27N3O4S/c1-17-23(26(31)33-3)25(21-7-5-15-35-21)24(18(2)30-17)27(32)34-14-4-6-19-8-10-20(11-9-19)16-22-28-12-13-29-22/h4-13,15,25,30H,14,16H2,1-3H3,(H,28,29). The normalized spacial score (nSPS) is 15.9. The van der Waals surface area contributed by atoms with Crippen molar-refractivity contribution in [3.05, 3.63) is 105 Å². The number of nitrogens with zero attached hydrogens (tertiary/aromatic N) is 1. The van der Waals surface area contributed by atoms with Gasteiger partial charge in [-0.05, 0) is 42.5 Å². The molecule has 3 heterocycles. The van der Waals surface area contributed by atoms with Crippen molar-refractivity contribution in [3.8, 4) is 0 Å². The van der Waals surface area contributed by atoms with Crippen LogP contribution in [0.25, 0.3) is 6.08 Å². The Bertz CT molecular complexity index is 1270. The number of nitrogens with one attached hydrogen (secondary N) is 2. The minimum atomic E-state index is -0.540. The molecule has 1 aromatic carbocycles. The summed E-state index contributed by atoms with van der Waals surface area (Å²) in [5.41, 5.74) is 4.31. The minimum absolute atomic E-state index is 0.108. The lowest BCUT2D eigenvalue weighted by Crippen LogP contribution is -2.32. The highest BCUT2D eigenvalue weighted by Gasteiger charge is 2.38. The third-order valence-corrected chi connectivity index (χ3v) is 6.68. The summed E-state index contributed by atoms with van der Waals surface area (Å²) in [6.07, 6.45) is 8.00. The van der Waals surface area contributed by atoms with Gasteiger partial charge in [0.15, 0.2) is 0 Å². The molecule has 0 spiro atoms. The van der Waals surface area contributed by atoms with E-state index in [0.717, 1.165) is 28.2 Å². The van der Waals surface area contributed by atoms with Gasteiger partial charge in [0.25, 0.3) is 0 Å². The van der Waals surface area contributed by atoms with Gasteiger partial charge >= 0.3 is 11.9 Å². The zero-order valence-corrected chi connectivity index (χ0v) is 20.6. The zero-order valence-electron chi connectivity index (χ0n) is 19.8. The van der Waals surface area contributed by atoms with Crippen molar-refractivity contribution in [2.24, 2.45) is 0 Å². The maximum Gasteiger partial charge on any atom is 0.337 e. The average Bonchev–Trinajstić information content (AvgIpc) is 3.56. The fraction of sp³-hybridized carbons (Fsp3) is 0.222. The van der Waals surface area contributed by atoms with Gasteiger partial charge in [-0.15, -0.1) is 11.3 Å². The van der Waals surface area contributed by atoms with Gasteiger partial charge in [0.1, 0.15) is 12.4 Å². The van der Waals surface area contributed by atoms with Gasteiger partial charge < -0.3 is 19.8 Å². The van der Waals surface area contributed by atoms with Crippen molar-refractivity contribution in [1.82, 2.24) is 15.3 Å². The number of esters is 2. The van der Waals surface area contributed by atoms with Crippen LogP contribution in [0.4, 0.5) is 0 Å². The minimum Gasteiger partial charge on any atom is -0.466 e. The van der Waals surface area contributed by atoms with Crippen LogP contribution in [0.5, 0.6) is 0 Å². The Morgan fingerprint density at radius 1 is 1.09 bits per heavy atom. The van der Waals surface area contributed by atoms with Gasteiger partial charge in [-0.1, -0.05) is 36.4 Å². The number of carbonyl (C=O) groups excluding carboxylic acids is 2. The van der Waals surface area contributed by atoms with Gasteiger partial charge in [0.2, 0.25) is 0 Å². The Kier molecular flexibility index (Phi) is 7.62. The predicted octanol–water partition coefficient (Wildman–Crippen LogP) is 4.73. The van der Waals surface area contributed by atoms with Crippen LogP contribution >= 0.6 is 11.3 Å². The number of imidazole rings is 1. The summed E-state index contributed by atoms with van der Waals surface area (Å²) < 4.78 is 10.6. The smallest absolute Gasteiger partial charge is 0.337 e. The first-order valence-electron chi connectivity index (χ1n) is 11.2. The van der Waals surface area contributed by atoms with Gasteiger partial charge in [0, 0.05) is 35.1 Å². The maximum atomic E-state index is 13.2. The third-order valence-electron chi connectivity index (χ3n) is 5.74. The van der Waals surface area contributed by atoms with Gasteiger partial charge in [-0.3, -0.25) is 0 Å². The summed E-state index contributed by atoms with van der Waals surface area (Å²) in [5, 5.41) is 5.06. The molecule has 4 rings (SSSR count). The predicted molar refractivity (Wildman–Crippen MR) is 135 cm³/mol. The largest absolute Gasteiger partial charge is 0.466 e. The van der Waals surface area contributed by atoms with Crippen LogP contribution < -0.4 is 5.32 Å². The topological polar surface area (TPSA) is 93.3 Å². The number of hydrogen-bond acceptors (Lipinski definition) is 7. The van der Waals surface area contributed by atoms with E-state index in [-0.39, 0.29) is 6.61 Å². The number of rotatable bonds is 8. The van der Waals surface area contributed by atoms with E-state index < -0.39 is 17.9 Å². The van der Waals surface area contributed by atoms with Crippen molar-refractivity contribution in [2.75, 3.05) is 13.7 Å². The summed E-state index contributed by atoms with van der Waals surface area (Å²) in [5.74, 6) is -0.563. The molecule has 1 atom stereocenters. The molecule has 0 bridgehead atoms. The number of thiophene rings is 1. The number of benzene rings is 1. The van der Waals surface area contributed by atoms with Crippen LogP contribution in [-0.2, 0) is 25.5 Å². The Morgan fingerprint density at radius 3 is 2.46 bits per heavy atom. The molecule has 1 aliphatic rings. The molecule has 1 aliphatic heterocycles. The van der Waals surface area contributed by atoms with Crippen LogP contribution in [0, 0.1) is 0 Å². The summed E-state index contributed by atoms with van der Waals surface area (Å²) in [6.45, 7) is 3.73. The molecule has 180 valence electrons. The molecular weight excluding hydrogens is 462 g/mol. The van der Waals surface area contributed by atoms with Crippen molar-refractivity contribution in [2.45, 2.75) is 26.2 Å². The van der Waals surface area contributed by atoms with Crippen LogP contribution in [0.15, 0.2) is 82.8 Å². The highest BCUT2D eigenvalue weighted by atomic mass is 32.1. The lowest BCUT2D eigenvalue weighted by Gasteiger charge is -2.29. The van der Waals surface area contributed by atoms with E-state index >= 15 is 0 Å². The van der Waals surface area contributed by atoms with Gasteiger partial charge in [-0.25, -0.2) is 14.6 Å². The quantitative estimate of drug-likeness (QED) is 0.445. The summed E-state index contributed by atoms with van der Waals surface area (Å²) >= 11 is 1.48. The Labute approximate surface area is 208 Å². The lowest BCUT2D eigenvalue weighted by atomic mass is 9.84. The Balaban J connectivity index is 1.43. The monoisotopic (exact) mass is 489 g/mol. The average molecular weight is 490 g/mol. The van der Waals surface area contributed by atoms with E-state index in [1.165, 1.54) is 18.4 Å². The van der Waals surface area contributed by atoms with Crippen molar-refractivity contribution in [1.29, 1.82) is 0 Å². The van der Waals surface area contributed by atoms with Gasteiger partial charge in [-0.2, -0.15) is 0 Å². The SMILES string of the molecule is COC(=O)C1=C(C)NC(C)=C(C(=O)OCC=Cc2ccc(Cc3ncc[nH]3)cc2)C1c1cccs1. The lowest BCUT2D eigenvalue weighted by molar-refractivity contribution is -0.138. The molecule has 0 saturated heterocycles. The molecular formula is C27H27N3O4S. The van der Waals surface area contributed by atoms with Crippen molar-refractivity contribution < 1.29 is 19.1 Å². The molecule has 2 N–H and O–H groups in total. The Hall–Kier alpha value is -3.91. The molecule has 0 aliphatic carbocycles. The second-order valence-corrected chi connectivity index (χ2v) is 9.08. The number of methoxy groups -OCH3 is 1. The molecule has 0 saturated carbocycles. The van der Waals surface area contributed by atoms with Crippen LogP contribution in [0.1, 0.15) is 41.6 Å². The molecule has 3 aromatic rings. The third kappa shape index (κ3) is 5.60. The van der Waals surface area contributed by atoms with E-state index in [9.17, 15) is 9.59 Å². The molecule has 8 heteroatoms. The number of carbonyl (C=O) groups is 2. The van der Waals surface area contributed by atoms with Crippen LogP contribution in [0.3, 0.4) is 0 Å². The van der Waals surface area contributed by atoms with E-state index in [4.69, 9.17) is 9.47 Å². The second-order valence-electron chi connectivity index (χ2n) is 8.10. The molecule has 7 nitrogen and oxygen atoms in total. The Morgan fingerprint density at radius 2 is 1.83 bits per heavy atom. The number of hydrogen-bond donors (Lipinski definition) is 2. The summed E-state index contributed by atoms with van der Waals surface area (Å²) in [6, 6.07) is 11.9. The number of aromatic amines is 1. The first kappa shape index (κ1) is 24.2. The highest BCUT2D eigenvalue weighted by Crippen LogP contribution is 2.40. The highest BCUT2D eigenvalue weighted by molar-refractivity contribution is 7.10. The summed E-state index contributed by atoms with van der Waals surface area (Å²) in [7, 11) is 1.34.